The molecule has 1 saturated carbocycles. The van der Waals surface area contributed by atoms with Crippen LogP contribution in [0.1, 0.15) is 39.0 Å². The summed E-state index contributed by atoms with van der Waals surface area (Å²) in [5.41, 5.74) is 5.88. The Morgan fingerprint density at radius 3 is 2.41 bits per heavy atom. The minimum atomic E-state index is -3.18. The normalized spacial score (nSPS) is 31.2. The monoisotopic (exact) mass is 353 g/mol. The molecule has 6 nitrogen and oxygen atoms in total. The first-order valence-electron chi connectivity index (χ1n) is 7.74. The van der Waals surface area contributed by atoms with Gasteiger partial charge in [0.15, 0.2) is 0 Å². The Balaban J connectivity index is 0.00000242. The second-order valence-corrected chi connectivity index (χ2v) is 8.63. The van der Waals surface area contributed by atoms with E-state index in [2.05, 4.69) is 0 Å². The lowest BCUT2D eigenvalue weighted by molar-refractivity contribution is -0.138. The van der Waals surface area contributed by atoms with Crippen LogP contribution in [-0.2, 0) is 14.8 Å². The van der Waals surface area contributed by atoms with E-state index in [9.17, 15) is 13.2 Å². The van der Waals surface area contributed by atoms with Gasteiger partial charge in [0.25, 0.3) is 0 Å². The molecule has 130 valence electrons. The topological polar surface area (TPSA) is 83.7 Å². The van der Waals surface area contributed by atoms with Gasteiger partial charge in [-0.2, -0.15) is 0 Å². The Morgan fingerprint density at radius 2 is 1.82 bits per heavy atom. The van der Waals surface area contributed by atoms with Gasteiger partial charge in [0.1, 0.15) is 0 Å². The van der Waals surface area contributed by atoms with Crippen LogP contribution in [0.15, 0.2) is 0 Å². The van der Waals surface area contributed by atoms with E-state index in [1.54, 1.807) is 0 Å². The van der Waals surface area contributed by atoms with Gasteiger partial charge in [0.2, 0.25) is 15.9 Å². The second kappa shape index (κ2) is 7.47. The quantitative estimate of drug-likeness (QED) is 0.796. The Hall–Kier alpha value is -0.370. The van der Waals surface area contributed by atoms with Crippen molar-refractivity contribution in [2.75, 3.05) is 32.4 Å². The number of hydrogen-bond acceptors (Lipinski definition) is 4. The highest BCUT2D eigenvalue weighted by Gasteiger charge is 2.40. The first kappa shape index (κ1) is 19.7. The SMILES string of the molecule is CC1(N)CCCCC1C(=O)N1CCCN(S(C)(=O)=O)CC1.Cl. The summed E-state index contributed by atoms with van der Waals surface area (Å²) < 4.78 is 24.7. The summed E-state index contributed by atoms with van der Waals surface area (Å²) in [7, 11) is -3.18. The maximum absolute atomic E-state index is 12.8. The third kappa shape index (κ3) is 4.57. The molecule has 22 heavy (non-hydrogen) atoms. The van der Waals surface area contributed by atoms with Crippen molar-refractivity contribution in [3.05, 3.63) is 0 Å². The summed E-state index contributed by atoms with van der Waals surface area (Å²) in [6.45, 7) is 3.94. The van der Waals surface area contributed by atoms with Crippen LogP contribution in [-0.4, -0.2) is 61.5 Å². The van der Waals surface area contributed by atoms with Gasteiger partial charge in [-0.05, 0) is 26.2 Å². The first-order valence-corrected chi connectivity index (χ1v) is 9.59. The molecule has 0 bridgehead atoms. The Bertz CT molecular complexity index is 496. The number of carbonyl (C=O) groups excluding carboxylic acids is 1. The highest BCUT2D eigenvalue weighted by atomic mass is 35.5. The van der Waals surface area contributed by atoms with E-state index >= 15 is 0 Å². The van der Waals surface area contributed by atoms with Gasteiger partial charge in [-0.1, -0.05) is 12.8 Å². The first-order chi connectivity index (χ1) is 9.72. The van der Waals surface area contributed by atoms with Gasteiger partial charge in [0.05, 0.1) is 12.2 Å². The second-order valence-electron chi connectivity index (χ2n) is 6.65. The third-order valence-corrected chi connectivity index (χ3v) is 6.09. The van der Waals surface area contributed by atoms with Crippen molar-refractivity contribution in [3.8, 4) is 0 Å². The number of nitrogens with zero attached hydrogens (tertiary/aromatic N) is 2. The Morgan fingerprint density at radius 1 is 1.14 bits per heavy atom. The van der Waals surface area contributed by atoms with Crippen LogP contribution in [0.4, 0.5) is 0 Å². The zero-order valence-electron chi connectivity index (χ0n) is 13.5. The van der Waals surface area contributed by atoms with Gasteiger partial charge in [0, 0.05) is 31.7 Å². The van der Waals surface area contributed by atoms with Crippen LogP contribution >= 0.6 is 12.4 Å². The lowest BCUT2D eigenvalue weighted by Crippen LogP contribution is -2.54. The molecule has 1 saturated heterocycles. The van der Waals surface area contributed by atoms with Crippen molar-refractivity contribution >= 4 is 28.3 Å². The molecule has 1 aliphatic carbocycles. The number of amides is 1. The average Bonchev–Trinajstić information content (AvgIpc) is 2.62. The van der Waals surface area contributed by atoms with Gasteiger partial charge in [-0.25, -0.2) is 12.7 Å². The number of rotatable bonds is 2. The molecule has 0 spiro atoms. The summed E-state index contributed by atoms with van der Waals surface area (Å²) in [6, 6.07) is 0. The minimum absolute atomic E-state index is 0. The number of sulfonamides is 1. The predicted molar refractivity (Wildman–Crippen MR) is 89.4 cm³/mol. The van der Waals surface area contributed by atoms with Crippen LogP contribution in [0.5, 0.6) is 0 Å². The molecule has 8 heteroatoms. The van der Waals surface area contributed by atoms with Crippen LogP contribution in [0.2, 0.25) is 0 Å². The van der Waals surface area contributed by atoms with Crippen molar-refractivity contribution in [1.29, 1.82) is 0 Å². The summed E-state index contributed by atoms with van der Waals surface area (Å²) in [5.74, 6) is -0.0221. The molecule has 0 aromatic rings. The third-order valence-electron chi connectivity index (χ3n) is 4.79. The molecular formula is C14H28ClN3O3S. The van der Waals surface area contributed by atoms with Crippen molar-refractivity contribution < 1.29 is 13.2 Å². The Labute approximate surface area is 139 Å². The van der Waals surface area contributed by atoms with E-state index in [1.165, 1.54) is 10.6 Å². The molecule has 2 atom stereocenters. The molecular weight excluding hydrogens is 326 g/mol. The molecule has 1 amide bonds. The van der Waals surface area contributed by atoms with Crippen molar-refractivity contribution in [1.82, 2.24) is 9.21 Å². The zero-order valence-corrected chi connectivity index (χ0v) is 15.1. The lowest BCUT2D eigenvalue weighted by Gasteiger charge is -2.39. The van der Waals surface area contributed by atoms with E-state index in [1.807, 2.05) is 11.8 Å². The molecule has 1 aliphatic heterocycles. The average molecular weight is 354 g/mol. The lowest BCUT2D eigenvalue weighted by atomic mass is 9.74. The summed E-state index contributed by atoms with van der Waals surface area (Å²) in [4.78, 5) is 14.6. The number of carbonyl (C=O) groups is 1. The summed E-state index contributed by atoms with van der Waals surface area (Å²) in [5, 5.41) is 0. The van der Waals surface area contributed by atoms with E-state index < -0.39 is 15.6 Å². The van der Waals surface area contributed by atoms with Gasteiger partial charge < -0.3 is 10.6 Å². The molecule has 2 unspecified atom stereocenters. The zero-order chi connectivity index (χ0) is 15.7. The molecule has 2 fully saturated rings. The van der Waals surface area contributed by atoms with E-state index in [4.69, 9.17) is 5.73 Å². The van der Waals surface area contributed by atoms with Crippen LogP contribution in [0.3, 0.4) is 0 Å². The van der Waals surface area contributed by atoms with Crippen LogP contribution in [0.25, 0.3) is 0 Å². The van der Waals surface area contributed by atoms with Crippen molar-refractivity contribution in [2.45, 2.75) is 44.6 Å². The minimum Gasteiger partial charge on any atom is -0.341 e. The fourth-order valence-electron chi connectivity index (χ4n) is 3.43. The maximum atomic E-state index is 12.8. The number of halogens is 1. The standard InChI is InChI=1S/C14H27N3O3S.ClH/c1-14(15)7-4-3-6-12(14)13(18)16-8-5-9-17(11-10-16)21(2,19)20;/h12H,3-11,15H2,1-2H3;1H. The van der Waals surface area contributed by atoms with E-state index in [0.29, 0.717) is 32.6 Å². The van der Waals surface area contributed by atoms with Gasteiger partial charge in [-0.15, -0.1) is 12.4 Å². The molecule has 2 N–H and O–H groups in total. The largest absolute Gasteiger partial charge is 0.341 e. The molecule has 2 aliphatic rings. The van der Waals surface area contributed by atoms with Crippen molar-refractivity contribution in [3.63, 3.8) is 0 Å². The molecule has 0 aromatic heterocycles. The highest BCUT2D eigenvalue weighted by Crippen LogP contribution is 2.33. The summed E-state index contributed by atoms with van der Waals surface area (Å²) in [6.07, 6.45) is 5.77. The number of nitrogens with two attached hydrogens (primary N) is 1. The maximum Gasteiger partial charge on any atom is 0.227 e. The van der Waals surface area contributed by atoms with Crippen LogP contribution < -0.4 is 5.73 Å². The predicted octanol–water partition coefficient (Wildman–Crippen LogP) is 0.810. The van der Waals surface area contributed by atoms with E-state index in [0.717, 1.165) is 25.7 Å². The molecule has 0 radical (unpaired) electrons. The summed E-state index contributed by atoms with van der Waals surface area (Å²) >= 11 is 0. The highest BCUT2D eigenvalue weighted by molar-refractivity contribution is 7.88. The fourth-order valence-corrected chi connectivity index (χ4v) is 4.30. The molecule has 0 aromatic carbocycles. The fraction of sp³-hybridized carbons (Fsp3) is 0.929. The Kier molecular flexibility index (Phi) is 6.68. The molecule has 2 rings (SSSR count). The van der Waals surface area contributed by atoms with E-state index in [-0.39, 0.29) is 24.2 Å². The number of hydrogen-bond donors (Lipinski definition) is 1. The molecule has 1 heterocycles. The smallest absolute Gasteiger partial charge is 0.227 e. The van der Waals surface area contributed by atoms with Crippen molar-refractivity contribution in [2.24, 2.45) is 11.7 Å². The van der Waals surface area contributed by atoms with Crippen LogP contribution in [0, 0.1) is 5.92 Å². The van der Waals surface area contributed by atoms with Gasteiger partial charge >= 0.3 is 0 Å². The van der Waals surface area contributed by atoms with Gasteiger partial charge in [-0.3, -0.25) is 4.79 Å².